The van der Waals surface area contributed by atoms with Crippen LogP contribution in [-0.2, 0) is 6.54 Å². The number of aryl methyl sites for hydroxylation is 1. The van der Waals surface area contributed by atoms with Crippen molar-refractivity contribution >= 4 is 24.9 Å². The van der Waals surface area contributed by atoms with Crippen LogP contribution in [0, 0.1) is 0 Å². The van der Waals surface area contributed by atoms with Crippen molar-refractivity contribution in [1.29, 1.82) is 0 Å². The van der Waals surface area contributed by atoms with Gasteiger partial charge in [0, 0.05) is 0 Å². The summed E-state index contributed by atoms with van der Waals surface area (Å²) in [5.41, 5.74) is 0. The Morgan fingerprint density at radius 1 is 1.16 bits per heavy atom. The summed E-state index contributed by atoms with van der Waals surface area (Å²) in [6, 6.07) is 4.53. The molecule has 2 radical (unpaired) electrons. The maximum atomic E-state index is 9.71. The van der Waals surface area contributed by atoms with Gasteiger partial charge in [0.25, 0.3) is 0 Å². The fraction of sp³-hybridized carbons (Fsp3) is 0.750. The van der Waals surface area contributed by atoms with E-state index >= 15 is 0 Å². The second kappa shape index (κ2) is 10.8. The van der Waals surface area contributed by atoms with Crippen molar-refractivity contribution < 1.29 is 5.11 Å². The molecule has 2 nitrogen and oxygen atoms in total. The van der Waals surface area contributed by atoms with Crippen LogP contribution in [0.15, 0.2) is 18.3 Å². The molecule has 1 N–H and O–H groups in total. The van der Waals surface area contributed by atoms with Crippen LogP contribution in [0.3, 0.4) is 0 Å². The molecule has 0 aliphatic heterocycles. The predicted octanol–water partition coefficient (Wildman–Crippen LogP) is 3.37. The van der Waals surface area contributed by atoms with E-state index < -0.39 is 0 Å². The molecule has 1 unspecified atom stereocenters. The number of nitrogens with zero attached hydrogens (tertiary/aromatic N) is 1. The SMILES string of the molecule is CCC[CH2][Sn][c]1cccn1CCCCC(O)CCC. The summed E-state index contributed by atoms with van der Waals surface area (Å²) in [5.74, 6) is 0. The molecular formula is C16H29NOSn. The van der Waals surface area contributed by atoms with Gasteiger partial charge in [-0.25, -0.2) is 0 Å². The Hall–Kier alpha value is 0.0387. The van der Waals surface area contributed by atoms with E-state index in [1.165, 1.54) is 23.7 Å². The zero-order valence-corrected chi connectivity index (χ0v) is 15.4. The monoisotopic (exact) mass is 371 g/mol. The molecule has 0 aliphatic carbocycles. The first-order valence-electron chi connectivity index (χ1n) is 7.85. The third-order valence-electron chi connectivity index (χ3n) is 3.47. The molecule has 0 saturated carbocycles. The van der Waals surface area contributed by atoms with Gasteiger partial charge in [0.1, 0.15) is 0 Å². The first kappa shape index (κ1) is 17.1. The Labute approximate surface area is 128 Å². The van der Waals surface area contributed by atoms with Crippen LogP contribution in [0.2, 0.25) is 4.44 Å². The standard InChI is InChI=1S/C12H20NO.C4H9.Sn/c1-2-7-12(14)8-3-4-9-13-10-5-6-11-13;1-3-4-2;/h5-6,10,12,14H,2-4,7-9H2,1H3;1,3-4H2,2H3;. The number of aliphatic hydroxyl groups is 1. The summed E-state index contributed by atoms with van der Waals surface area (Å²) >= 11 is -0.336. The van der Waals surface area contributed by atoms with Gasteiger partial charge in [0.2, 0.25) is 0 Å². The number of unbranched alkanes of at least 4 members (excludes halogenated alkanes) is 2. The maximum absolute atomic E-state index is 9.71. The molecule has 108 valence electrons. The molecule has 0 fully saturated rings. The normalized spacial score (nSPS) is 12.8. The molecule has 0 bridgehead atoms. The van der Waals surface area contributed by atoms with Gasteiger partial charge in [0.05, 0.1) is 0 Å². The van der Waals surface area contributed by atoms with Crippen LogP contribution in [0.5, 0.6) is 0 Å². The first-order chi connectivity index (χ1) is 9.27. The number of rotatable bonds is 11. The van der Waals surface area contributed by atoms with E-state index in [1.807, 2.05) is 0 Å². The molecule has 1 heterocycles. The Morgan fingerprint density at radius 2 is 2.00 bits per heavy atom. The molecule has 0 spiro atoms. The van der Waals surface area contributed by atoms with Crippen molar-refractivity contribution in [1.82, 2.24) is 4.57 Å². The van der Waals surface area contributed by atoms with Crippen molar-refractivity contribution in [3.05, 3.63) is 18.3 Å². The van der Waals surface area contributed by atoms with E-state index in [2.05, 4.69) is 36.7 Å². The summed E-state index contributed by atoms with van der Waals surface area (Å²) in [4.78, 5) is 0. The van der Waals surface area contributed by atoms with Gasteiger partial charge >= 0.3 is 129 Å². The Kier molecular flexibility index (Phi) is 9.70. The second-order valence-corrected chi connectivity index (χ2v) is 9.20. The van der Waals surface area contributed by atoms with Crippen LogP contribution >= 0.6 is 0 Å². The molecular weight excluding hydrogens is 341 g/mol. The Bertz CT molecular complexity index is 324. The quantitative estimate of drug-likeness (QED) is 0.469. The van der Waals surface area contributed by atoms with Gasteiger partial charge in [-0.3, -0.25) is 0 Å². The van der Waals surface area contributed by atoms with E-state index in [9.17, 15) is 5.11 Å². The molecule has 1 aromatic heterocycles. The fourth-order valence-electron chi connectivity index (χ4n) is 2.30. The minimum atomic E-state index is -0.336. The molecule has 0 aromatic carbocycles. The average Bonchev–Trinajstić information content (AvgIpc) is 2.83. The Morgan fingerprint density at radius 3 is 2.74 bits per heavy atom. The molecule has 1 atom stereocenters. The van der Waals surface area contributed by atoms with Gasteiger partial charge in [0.15, 0.2) is 0 Å². The molecule has 0 saturated heterocycles. The van der Waals surface area contributed by atoms with Gasteiger partial charge in [-0.2, -0.15) is 0 Å². The van der Waals surface area contributed by atoms with E-state index in [0.29, 0.717) is 0 Å². The van der Waals surface area contributed by atoms with E-state index in [4.69, 9.17) is 0 Å². The van der Waals surface area contributed by atoms with E-state index in [1.54, 1.807) is 3.71 Å². The molecule has 1 rings (SSSR count). The van der Waals surface area contributed by atoms with Crippen LogP contribution in [0.25, 0.3) is 0 Å². The van der Waals surface area contributed by atoms with Crippen LogP contribution in [-0.4, -0.2) is 36.9 Å². The minimum absolute atomic E-state index is 0.0739. The number of aromatic nitrogens is 1. The van der Waals surface area contributed by atoms with Crippen LogP contribution < -0.4 is 3.71 Å². The molecule has 3 heteroatoms. The van der Waals surface area contributed by atoms with Crippen molar-refractivity contribution in [2.45, 2.75) is 75.9 Å². The first-order valence-corrected chi connectivity index (χ1v) is 11.3. The van der Waals surface area contributed by atoms with E-state index in [0.717, 1.165) is 32.2 Å². The number of hydrogen-bond donors (Lipinski definition) is 1. The molecule has 0 amide bonds. The van der Waals surface area contributed by atoms with Gasteiger partial charge in [-0.05, 0) is 0 Å². The summed E-state index contributed by atoms with van der Waals surface area (Å²) in [5, 5.41) is 9.71. The van der Waals surface area contributed by atoms with Gasteiger partial charge in [-0.15, -0.1) is 0 Å². The van der Waals surface area contributed by atoms with Crippen molar-refractivity contribution in [2.24, 2.45) is 0 Å². The molecule has 1 aromatic rings. The van der Waals surface area contributed by atoms with Gasteiger partial charge in [-0.1, -0.05) is 0 Å². The molecule has 19 heavy (non-hydrogen) atoms. The third-order valence-corrected chi connectivity index (χ3v) is 7.53. The summed E-state index contributed by atoms with van der Waals surface area (Å²) in [6.45, 7) is 5.56. The van der Waals surface area contributed by atoms with Crippen molar-refractivity contribution in [2.75, 3.05) is 0 Å². The van der Waals surface area contributed by atoms with Crippen molar-refractivity contribution in [3.8, 4) is 0 Å². The average molecular weight is 370 g/mol. The predicted molar refractivity (Wildman–Crippen MR) is 84.3 cm³/mol. The summed E-state index contributed by atoms with van der Waals surface area (Å²) < 4.78 is 5.58. The van der Waals surface area contributed by atoms with Crippen LogP contribution in [0.4, 0.5) is 0 Å². The third kappa shape index (κ3) is 7.40. The topological polar surface area (TPSA) is 25.2 Å². The van der Waals surface area contributed by atoms with Gasteiger partial charge < -0.3 is 0 Å². The van der Waals surface area contributed by atoms with Crippen molar-refractivity contribution in [3.63, 3.8) is 0 Å². The summed E-state index contributed by atoms with van der Waals surface area (Å²) in [6.07, 6.45) is 10.3. The number of hydrogen-bond acceptors (Lipinski definition) is 1. The zero-order chi connectivity index (χ0) is 13.9. The Balaban J connectivity index is 2.20. The fourth-order valence-corrected chi connectivity index (χ4v) is 6.27. The molecule has 0 aliphatic rings. The zero-order valence-electron chi connectivity index (χ0n) is 12.6. The second-order valence-electron chi connectivity index (χ2n) is 5.31. The van der Waals surface area contributed by atoms with E-state index in [-0.39, 0.29) is 27.2 Å². The number of aliphatic hydroxyl groups excluding tert-OH is 1. The van der Waals surface area contributed by atoms with Crippen LogP contribution in [0.1, 0.15) is 58.8 Å². The summed E-state index contributed by atoms with van der Waals surface area (Å²) in [7, 11) is 0.